The predicted octanol–water partition coefficient (Wildman–Crippen LogP) is 4.11. The van der Waals surface area contributed by atoms with Crippen molar-refractivity contribution in [1.82, 2.24) is 15.4 Å². The Hall–Kier alpha value is -4.30. The number of pyridine rings is 1. The molecule has 0 aliphatic carbocycles. The molecule has 178 valence electrons. The van der Waals surface area contributed by atoms with Crippen LogP contribution in [-0.4, -0.2) is 16.4 Å². The van der Waals surface area contributed by atoms with Crippen molar-refractivity contribution >= 4 is 23.4 Å². The Kier molecular flexibility index (Phi) is 7.32. The summed E-state index contributed by atoms with van der Waals surface area (Å²) in [5.41, 5.74) is 6.66. The summed E-state index contributed by atoms with van der Waals surface area (Å²) in [6.07, 6.45) is 1.63. The number of hydrazine groups is 1. The monoisotopic (exact) mass is 491 g/mol. The third-order valence-corrected chi connectivity index (χ3v) is 5.58. The summed E-state index contributed by atoms with van der Waals surface area (Å²) in [7, 11) is 0. The maximum atomic E-state index is 12.4. The number of hydrogen-bond donors (Lipinski definition) is 2. The van der Waals surface area contributed by atoms with Gasteiger partial charge in [0.2, 0.25) is 0 Å². The van der Waals surface area contributed by atoms with E-state index in [2.05, 4.69) is 10.9 Å². The van der Waals surface area contributed by atoms with Crippen molar-refractivity contribution in [3.05, 3.63) is 123 Å². The van der Waals surface area contributed by atoms with Crippen LogP contribution in [0.2, 0.25) is 5.02 Å². The SMILES string of the molecule is Cc1cc(OCc2ccc(C(=O)NNC(=O)c3ccc(Cn4ccccc4=O)o3)cc2)ccc1Cl. The zero-order valence-electron chi connectivity index (χ0n) is 18.8. The Morgan fingerprint density at radius 1 is 0.971 bits per heavy atom. The van der Waals surface area contributed by atoms with Crippen molar-refractivity contribution in [3.8, 4) is 5.75 Å². The van der Waals surface area contributed by atoms with Gasteiger partial charge in [0.1, 0.15) is 18.1 Å². The number of carbonyl (C=O) groups excluding carboxylic acids is 2. The smallest absolute Gasteiger partial charge is 0.305 e. The minimum atomic E-state index is -0.617. The normalized spacial score (nSPS) is 10.6. The molecule has 4 rings (SSSR count). The number of halogens is 1. The number of furan rings is 1. The summed E-state index contributed by atoms with van der Waals surface area (Å²) < 4.78 is 12.7. The number of benzene rings is 2. The van der Waals surface area contributed by atoms with Gasteiger partial charge in [0.05, 0.1) is 6.54 Å². The van der Waals surface area contributed by atoms with Gasteiger partial charge in [-0.1, -0.05) is 29.8 Å². The molecule has 2 aromatic carbocycles. The first-order chi connectivity index (χ1) is 16.9. The molecule has 8 nitrogen and oxygen atoms in total. The molecule has 0 aliphatic rings. The van der Waals surface area contributed by atoms with E-state index in [0.717, 1.165) is 11.1 Å². The van der Waals surface area contributed by atoms with Crippen molar-refractivity contribution in [2.45, 2.75) is 20.1 Å². The molecule has 0 unspecified atom stereocenters. The first kappa shape index (κ1) is 23.8. The van der Waals surface area contributed by atoms with Gasteiger partial charge in [0.15, 0.2) is 5.76 Å². The van der Waals surface area contributed by atoms with E-state index in [1.807, 2.05) is 13.0 Å². The van der Waals surface area contributed by atoms with E-state index in [4.69, 9.17) is 20.8 Å². The number of nitrogens with one attached hydrogen (secondary N) is 2. The van der Waals surface area contributed by atoms with E-state index in [1.165, 1.54) is 16.7 Å². The molecule has 2 N–H and O–H groups in total. The number of nitrogens with zero attached hydrogens (tertiary/aromatic N) is 1. The Bertz CT molecular complexity index is 1410. The number of aromatic nitrogens is 1. The quantitative estimate of drug-likeness (QED) is 0.379. The van der Waals surface area contributed by atoms with Gasteiger partial charge >= 0.3 is 5.91 Å². The molecule has 0 aliphatic heterocycles. The fourth-order valence-electron chi connectivity index (χ4n) is 3.22. The molecule has 2 heterocycles. The van der Waals surface area contributed by atoms with Gasteiger partial charge in [-0.05, 0) is 66.6 Å². The highest BCUT2D eigenvalue weighted by Crippen LogP contribution is 2.22. The predicted molar refractivity (Wildman–Crippen MR) is 130 cm³/mol. The van der Waals surface area contributed by atoms with Crippen LogP contribution in [0.15, 0.2) is 88.2 Å². The van der Waals surface area contributed by atoms with Crippen LogP contribution in [0, 0.1) is 6.92 Å². The van der Waals surface area contributed by atoms with E-state index in [9.17, 15) is 14.4 Å². The molecule has 0 radical (unpaired) electrons. The molecule has 2 aromatic heterocycles. The molecule has 35 heavy (non-hydrogen) atoms. The molecule has 0 spiro atoms. The second-order valence-electron chi connectivity index (χ2n) is 7.74. The lowest BCUT2D eigenvalue weighted by Crippen LogP contribution is -2.41. The van der Waals surface area contributed by atoms with Gasteiger partial charge in [-0.15, -0.1) is 0 Å². The zero-order valence-corrected chi connectivity index (χ0v) is 19.5. The summed E-state index contributed by atoms with van der Waals surface area (Å²) in [4.78, 5) is 36.5. The Balaban J connectivity index is 1.27. The van der Waals surface area contributed by atoms with Crippen molar-refractivity contribution in [2.24, 2.45) is 0 Å². The van der Waals surface area contributed by atoms with Crippen LogP contribution in [0.25, 0.3) is 0 Å². The van der Waals surface area contributed by atoms with Gasteiger partial charge in [-0.2, -0.15) is 0 Å². The average molecular weight is 492 g/mol. The maximum absolute atomic E-state index is 12.4. The maximum Gasteiger partial charge on any atom is 0.305 e. The number of rotatable bonds is 7. The minimum absolute atomic E-state index is 0.00853. The van der Waals surface area contributed by atoms with Crippen LogP contribution in [0.1, 0.15) is 37.8 Å². The highest BCUT2D eigenvalue weighted by Gasteiger charge is 2.13. The number of ether oxygens (including phenoxy) is 1. The highest BCUT2D eigenvalue weighted by molar-refractivity contribution is 6.31. The van der Waals surface area contributed by atoms with Gasteiger partial charge in [0, 0.05) is 22.8 Å². The summed E-state index contributed by atoms with van der Waals surface area (Å²) >= 11 is 6.02. The molecular formula is C26H22ClN3O5. The Morgan fingerprint density at radius 3 is 2.49 bits per heavy atom. The fraction of sp³-hybridized carbons (Fsp3) is 0.115. The minimum Gasteiger partial charge on any atom is -0.489 e. The first-order valence-corrected chi connectivity index (χ1v) is 11.1. The highest BCUT2D eigenvalue weighted by atomic mass is 35.5. The van der Waals surface area contributed by atoms with Crippen molar-refractivity contribution < 1.29 is 18.7 Å². The summed E-state index contributed by atoms with van der Waals surface area (Å²) in [6, 6.07) is 20.1. The lowest BCUT2D eigenvalue weighted by molar-refractivity contribution is 0.0829. The standard InChI is InChI=1S/C26H22ClN3O5/c1-17-14-20(9-11-22(17)27)34-16-18-5-7-19(8-6-18)25(32)28-29-26(33)23-12-10-21(35-23)15-30-13-3-2-4-24(30)31/h2-14H,15-16H2,1H3,(H,28,32)(H,29,33). The second-order valence-corrected chi connectivity index (χ2v) is 8.14. The molecule has 9 heteroatoms. The van der Waals surface area contributed by atoms with Gasteiger partial charge in [-0.25, -0.2) is 0 Å². The second kappa shape index (κ2) is 10.8. The van der Waals surface area contributed by atoms with Crippen molar-refractivity contribution in [2.75, 3.05) is 0 Å². The van der Waals surface area contributed by atoms with E-state index >= 15 is 0 Å². The molecule has 0 saturated heterocycles. The van der Waals surface area contributed by atoms with E-state index in [-0.39, 0.29) is 17.9 Å². The van der Waals surface area contributed by atoms with E-state index in [1.54, 1.807) is 60.8 Å². The lowest BCUT2D eigenvalue weighted by atomic mass is 10.1. The van der Waals surface area contributed by atoms with Crippen LogP contribution in [-0.2, 0) is 13.2 Å². The van der Waals surface area contributed by atoms with Crippen LogP contribution >= 0.6 is 11.6 Å². The summed E-state index contributed by atoms with van der Waals surface area (Å²) in [6.45, 7) is 2.42. The van der Waals surface area contributed by atoms with Gasteiger partial charge in [-0.3, -0.25) is 25.2 Å². The largest absolute Gasteiger partial charge is 0.489 e. The number of aryl methyl sites for hydroxylation is 1. The van der Waals surface area contributed by atoms with Crippen LogP contribution in [0.5, 0.6) is 5.75 Å². The zero-order chi connectivity index (χ0) is 24.8. The summed E-state index contributed by atoms with van der Waals surface area (Å²) in [5, 5.41) is 0.677. The molecule has 2 amide bonds. The Morgan fingerprint density at radius 2 is 1.74 bits per heavy atom. The first-order valence-electron chi connectivity index (χ1n) is 10.7. The molecule has 0 fully saturated rings. The topological polar surface area (TPSA) is 103 Å². The molecule has 0 bridgehead atoms. The lowest BCUT2D eigenvalue weighted by Gasteiger charge is -2.09. The third-order valence-electron chi connectivity index (χ3n) is 5.15. The molecule has 4 aromatic rings. The number of hydrogen-bond acceptors (Lipinski definition) is 5. The van der Waals surface area contributed by atoms with Crippen LogP contribution in [0.4, 0.5) is 0 Å². The van der Waals surface area contributed by atoms with Crippen LogP contribution < -0.4 is 21.1 Å². The van der Waals surface area contributed by atoms with E-state index in [0.29, 0.717) is 28.7 Å². The third kappa shape index (κ3) is 6.18. The average Bonchev–Trinajstić information content (AvgIpc) is 3.33. The molecular weight excluding hydrogens is 470 g/mol. The van der Waals surface area contributed by atoms with Crippen LogP contribution in [0.3, 0.4) is 0 Å². The molecule has 0 atom stereocenters. The van der Waals surface area contributed by atoms with Crippen molar-refractivity contribution in [3.63, 3.8) is 0 Å². The fourth-order valence-corrected chi connectivity index (χ4v) is 3.33. The van der Waals surface area contributed by atoms with E-state index < -0.39 is 11.8 Å². The number of amides is 2. The van der Waals surface area contributed by atoms with Gasteiger partial charge in [0.25, 0.3) is 11.5 Å². The summed E-state index contributed by atoms with van der Waals surface area (Å²) in [5.74, 6) is 0.0407. The van der Waals surface area contributed by atoms with Gasteiger partial charge < -0.3 is 13.7 Å². The molecule has 0 saturated carbocycles. The Labute approximate surface area is 206 Å². The number of carbonyl (C=O) groups is 2. The van der Waals surface area contributed by atoms with Crippen molar-refractivity contribution in [1.29, 1.82) is 0 Å².